The van der Waals surface area contributed by atoms with E-state index in [-0.39, 0.29) is 12.8 Å². The summed E-state index contributed by atoms with van der Waals surface area (Å²) in [6.07, 6.45) is 0.424. The van der Waals surface area contributed by atoms with Crippen LogP contribution in [0.1, 0.15) is 12.8 Å². The van der Waals surface area contributed by atoms with Gasteiger partial charge in [-0.25, -0.2) is 14.5 Å². The Labute approximate surface area is 120 Å². The minimum Gasteiger partial charge on any atom is -0.467 e. The highest BCUT2D eigenvalue weighted by Crippen LogP contribution is 2.22. The number of rotatable bonds is 2. The number of halogens is 1. The number of nitrogens with zero attached hydrogens (tertiary/aromatic N) is 1. The maximum absolute atomic E-state index is 12.1. The van der Waals surface area contributed by atoms with Crippen LogP contribution in [0.5, 0.6) is 0 Å². The first kappa shape index (κ1) is 14.3. The third kappa shape index (κ3) is 2.91. The predicted molar refractivity (Wildman–Crippen MR) is 72.4 cm³/mol. The van der Waals surface area contributed by atoms with Gasteiger partial charge in [0.05, 0.1) is 7.11 Å². The summed E-state index contributed by atoms with van der Waals surface area (Å²) >= 11 is 5.74. The summed E-state index contributed by atoms with van der Waals surface area (Å²) < 4.78 is 4.60. The van der Waals surface area contributed by atoms with Gasteiger partial charge in [-0.05, 0) is 30.7 Å². The Balaban J connectivity index is 2.12. The molecule has 0 bridgehead atoms. The highest BCUT2D eigenvalue weighted by atomic mass is 35.5. The zero-order valence-electron chi connectivity index (χ0n) is 10.8. The number of likely N-dealkylation sites (tertiary alicyclic amines) is 1. The first-order valence-corrected chi connectivity index (χ1v) is 6.37. The van der Waals surface area contributed by atoms with Gasteiger partial charge in [0.2, 0.25) is 5.91 Å². The predicted octanol–water partition coefficient (Wildman–Crippen LogP) is 2.04. The van der Waals surface area contributed by atoms with E-state index in [0.717, 1.165) is 4.90 Å². The Morgan fingerprint density at radius 1 is 1.35 bits per heavy atom. The summed E-state index contributed by atoms with van der Waals surface area (Å²) in [6, 6.07) is 4.92. The molecule has 0 radical (unpaired) electrons. The van der Waals surface area contributed by atoms with Gasteiger partial charge in [-0.15, -0.1) is 0 Å². The van der Waals surface area contributed by atoms with Crippen molar-refractivity contribution in [2.45, 2.75) is 18.9 Å². The highest BCUT2D eigenvalue weighted by molar-refractivity contribution is 6.30. The maximum atomic E-state index is 12.1. The summed E-state index contributed by atoms with van der Waals surface area (Å²) in [4.78, 5) is 36.3. The van der Waals surface area contributed by atoms with E-state index < -0.39 is 23.9 Å². The van der Waals surface area contributed by atoms with E-state index >= 15 is 0 Å². The number of urea groups is 1. The van der Waals surface area contributed by atoms with Gasteiger partial charge in [-0.1, -0.05) is 11.6 Å². The molecule has 20 heavy (non-hydrogen) atoms. The Hall–Kier alpha value is -2.08. The van der Waals surface area contributed by atoms with Gasteiger partial charge in [0.15, 0.2) is 0 Å². The highest BCUT2D eigenvalue weighted by Gasteiger charge is 2.41. The van der Waals surface area contributed by atoms with Crippen molar-refractivity contribution in [2.24, 2.45) is 0 Å². The van der Waals surface area contributed by atoms with Crippen LogP contribution < -0.4 is 5.32 Å². The van der Waals surface area contributed by atoms with Crippen LogP contribution >= 0.6 is 11.6 Å². The number of methoxy groups -OCH3 is 1. The van der Waals surface area contributed by atoms with Crippen LogP contribution in [0.3, 0.4) is 0 Å². The second kappa shape index (κ2) is 5.92. The van der Waals surface area contributed by atoms with E-state index in [1.165, 1.54) is 7.11 Å². The van der Waals surface area contributed by atoms with E-state index in [4.69, 9.17) is 11.6 Å². The Morgan fingerprint density at radius 2 is 2.00 bits per heavy atom. The summed E-state index contributed by atoms with van der Waals surface area (Å²) in [5.41, 5.74) is 0.489. The molecule has 1 aliphatic rings. The Morgan fingerprint density at radius 3 is 2.60 bits per heavy atom. The molecule has 1 aromatic rings. The largest absolute Gasteiger partial charge is 0.467 e. The number of amides is 3. The normalized spacial score (nSPS) is 18.0. The fourth-order valence-electron chi connectivity index (χ4n) is 2.01. The monoisotopic (exact) mass is 296 g/mol. The van der Waals surface area contributed by atoms with Crippen LogP contribution in [0.25, 0.3) is 0 Å². The molecule has 106 valence electrons. The first-order chi connectivity index (χ1) is 9.52. The molecule has 3 amide bonds. The van der Waals surface area contributed by atoms with Crippen molar-refractivity contribution >= 4 is 35.2 Å². The SMILES string of the molecule is COC(=O)C1CCC(=O)N1C(=O)Nc1ccc(Cl)cc1. The third-order valence-corrected chi connectivity index (χ3v) is 3.25. The zero-order chi connectivity index (χ0) is 14.7. The molecule has 1 N–H and O–H groups in total. The lowest BCUT2D eigenvalue weighted by Gasteiger charge is -2.21. The van der Waals surface area contributed by atoms with E-state index in [9.17, 15) is 14.4 Å². The number of carbonyl (C=O) groups is 3. The molecular weight excluding hydrogens is 284 g/mol. The molecule has 0 aliphatic carbocycles. The fraction of sp³-hybridized carbons (Fsp3) is 0.308. The minimum absolute atomic E-state index is 0.147. The smallest absolute Gasteiger partial charge is 0.329 e. The summed E-state index contributed by atoms with van der Waals surface area (Å²) in [7, 11) is 1.22. The van der Waals surface area contributed by atoms with E-state index in [2.05, 4.69) is 10.1 Å². The number of esters is 1. The molecule has 1 unspecified atom stereocenters. The maximum Gasteiger partial charge on any atom is 0.329 e. The van der Waals surface area contributed by atoms with Gasteiger partial charge >= 0.3 is 12.0 Å². The Kier molecular flexibility index (Phi) is 4.24. The van der Waals surface area contributed by atoms with Crippen molar-refractivity contribution in [1.82, 2.24) is 4.90 Å². The lowest BCUT2D eigenvalue weighted by atomic mass is 10.2. The van der Waals surface area contributed by atoms with Crippen LogP contribution in [0.15, 0.2) is 24.3 Å². The van der Waals surface area contributed by atoms with E-state index in [1.54, 1.807) is 24.3 Å². The number of imide groups is 1. The molecule has 0 saturated carbocycles. The van der Waals surface area contributed by atoms with Crippen LogP contribution in [0, 0.1) is 0 Å². The number of hydrogen-bond donors (Lipinski definition) is 1. The number of anilines is 1. The molecule has 0 aromatic heterocycles. The lowest BCUT2D eigenvalue weighted by Crippen LogP contribution is -2.45. The number of ether oxygens (including phenoxy) is 1. The number of carbonyl (C=O) groups excluding carboxylic acids is 3. The van der Waals surface area contributed by atoms with Crippen LogP contribution in [-0.2, 0) is 14.3 Å². The van der Waals surface area contributed by atoms with E-state index in [1.807, 2.05) is 0 Å². The van der Waals surface area contributed by atoms with Crippen LogP contribution in [0.2, 0.25) is 5.02 Å². The standard InChI is InChI=1S/C13H13ClN2O4/c1-20-12(18)10-6-7-11(17)16(10)13(19)15-9-4-2-8(14)3-5-9/h2-5,10H,6-7H2,1H3,(H,15,19). The van der Waals surface area contributed by atoms with Gasteiger partial charge in [0, 0.05) is 17.1 Å². The summed E-state index contributed by atoms with van der Waals surface area (Å²) in [6.45, 7) is 0. The molecular formula is C13H13ClN2O4. The Bertz CT molecular complexity index is 544. The molecule has 2 rings (SSSR count). The second-order valence-electron chi connectivity index (χ2n) is 4.28. The summed E-state index contributed by atoms with van der Waals surface area (Å²) in [5, 5.41) is 3.09. The van der Waals surface area contributed by atoms with Gasteiger partial charge in [-0.3, -0.25) is 4.79 Å². The molecule has 0 spiro atoms. The average Bonchev–Trinajstić information content (AvgIpc) is 2.82. The molecule has 1 aromatic carbocycles. The van der Waals surface area contributed by atoms with Gasteiger partial charge in [0.25, 0.3) is 0 Å². The molecule has 1 fully saturated rings. The van der Waals surface area contributed by atoms with Crippen molar-refractivity contribution in [3.05, 3.63) is 29.3 Å². The average molecular weight is 297 g/mol. The number of hydrogen-bond acceptors (Lipinski definition) is 4. The number of nitrogens with one attached hydrogen (secondary N) is 1. The minimum atomic E-state index is -0.861. The van der Waals surface area contributed by atoms with Gasteiger partial charge in [0.1, 0.15) is 6.04 Å². The van der Waals surface area contributed by atoms with Crippen molar-refractivity contribution in [3.8, 4) is 0 Å². The van der Waals surface area contributed by atoms with Crippen molar-refractivity contribution in [2.75, 3.05) is 12.4 Å². The van der Waals surface area contributed by atoms with Crippen LogP contribution in [0.4, 0.5) is 10.5 Å². The molecule has 7 heteroatoms. The molecule has 1 saturated heterocycles. The van der Waals surface area contributed by atoms with Crippen LogP contribution in [-0.4, -0.2) is 36.0 Å². The van der Waals surface area contributed by atoms with Crippen molar-refractivity contribution in [1.29, 1.82) is 0 Å². The quantitative estimate of drug-likeness (QED) is 0.847. The molecule has 1 aliphatic heterocycles. The van der Waals surface area contributed by atoms with E-state index in [0.29, 0.717) is 10.7 Å². The number of benzene rings is 1. The lowest BCUT2D eigenvalue weighted by molar-refractivity contribution is -0.147. The molecule has 6 nitrogen and oxygen atoms in total. The van der Waals surface area contributed by atoms with Crippen molar-refractivity contribution < 1.29 is 19.1 Å². The van der Waals surface area contributed by atoms with Gasteiger partial charge < -0.3 is 10.1 Å². The third-order valence-electron chi connectivity index (χ3n) is 3.00. The second-order valence-corrected chi connectivity index (χ2v) is 4.71. The van der Waals surface area contributed by atoms with Crippen molar-refractivity contribution in [3.63, 3.8) is 0 Å². The first-order valence-electron chi connectivity index (χ1n) is 5.99. The zero-order valence-corrected chi connectivity index (χ0v) is 11.5. The topological polar surface area (TPSA) is 75.7 Å². The summed E-state index contributed by atoms with van der Waals surface area (Å²) in [5.74, 6) is -0.992. The fourth-order valence-corrected chi connectivity index (χ4v) is 2.14. The molecule has 1 atom stereocenters. The van der Waals surface area contributed by atoms with Gasteiger partial charge in [-0.2, -0.15) is 0 Å². The molecule has 1 heterocycles.